The van der Waals surface area contributed by atoms with Crippen LogP contribution >= 0.6 is 11.6 Å². The van der Waals surface area contributed by atoms with Crippen LogP contribution in [0.2, 0.25) is 5.02 Å². The van der Waals surface area contributed by atoms with E-state index in [1.165, 1.54) is 42.5 Å². The number of carbonyl (C=O) groups excluding carboxylic acids is 2. The number of nitro benzene ring substituents is 2. The summed E-state index contributed by atoms with van der Waals surface area (Å²) in [4.78, 5) is 46.7. The molecular weight excluding hydrogens is 416 g/mol. The van der Waals surface area contributed by atoms with Crippen molar-refractivity contribution in [3.05, 3.63) is 90.5 Å². The third-order valence-corrected chi connectivity index (χ3v) is 4.87. The number of benzene rings is 3. The minimum absolute atomic E-state index is 0.0653. The SMILES string of the molecule is O=C1c2cccc3c([N+](=O)[O-])ccc(c23)C(=O)N1N=Cc1ccc(Cl)c([N+](=O)[O-])c1. The minimum Gasteiger partial charge on any atom is -0.267 e. The van der Waals surface area contributed by atoms with Crippen LogP contribution in [-0.4, -0.2) is 32.9 Å². The lowest BCUT2D eigenvalue weighted by Gasteiger charge is -2.22. The van der Waals surface area contributed by atoms with Gasteiger partial charge >= 0.3 is 0 Å². The number of non-ortho nitro benzene ring substituents is 1. The van der Waals surface area contributed by atoms with Gasteiger partial charge in [0.2, 0.25) is 0 Å². The van der Waals surface area contributed by atoms with Crippen molar-refractivity contribution in [3.8, 4) is 0 Å². The van der Waals surface area contributed by atoms with Crippen LogP contribution in [-0.2, 0) is 0 Å². The fraction of sp³-hybridized carbons (Fsp3) is 0. The lowest BCUT2D eigenvalue weighted by atomic mass is 9.94. The standard InChI is InChI=1S/C19H9ClN4O6/c20-14-6-4-10(8-16(14)24(29)30)9-21-22-18(25)12-3-1-2-11-15(23(27)28)7-5-13(17(11)12)19(22)26/h1-9H. The highest BCUT2D eigenvalue weighted by molar-refractivity contribution is 6.32. The molecule has 0 spiro atoms. The highest BCUT2D eigenvalue weighted by atomic mass is 35.5. The molecule has 11 heteroatoms. The van der Waals surface area contributed by atoms with Crippen molar-refractivity contribution in [1.29, 1.82) is 0 Å². The number of amides is 2. The highest BCUT2D eigenvalue weighted by Crippen LogP contribution is 2.35. The molecule has 3 aromatic carbocycles. The number of rotatable bonds is 4. The maximum absolute atomic E-state index is 12.8. The molecule has 0 saturated carbocycles. The molecule has 3 aromatic rings. The molecule has 1 aliphatic heterocycles. The summed E-state index contributed by atoms with van der Waals surface area (Å²) >= 11 is 5.77. The van der Waals surface area contributed by atoms with Crippen LogP contribution in [0.15, 0.2) is 53.6 Å². The third kappa shape index (κ3) is 2.95. The topological polar surface area (TPSA) is 136 Å². The molecule has 0 bridgehead atoms. The van der Waals surface area contributed by atoms with Crippen molar-refractivity contribution < 1.29 is 19.4 Å². The van der Waals surface area contributed by atoms with Crippen molar-refractivity contribution in [2.75, 3.05) is 0 Å². The first-order chi connectivity index (χ1) is 14.3. The number of halogens is 1. The Morgan fingerprint density at radius 2 is 1.57 bits per heavy atom. The highest BCUT2D eigenvalue weighted by Gasteiger charge is 2.34. The Hall–Kier alpha value is -4.18. The Morgan fingerprint density at radius 3 is 2.23 bits per heavy atom. The monoisotopic (exact) mass is 424 g/mol. The average molecular weight is 425 g/mol. The van der Waals surface area contributed by atoms with Crippen molar-refractivity contribution in [2.24, 2.45) is 5.10 Å². The summed E-state index contributed by atoms with van der Waals surface area (Å²) in [6, 6.07) is 10.8. The second kappa shape index (κ2) is 7.01. The minimum atomic E-state index is -0.765. The normalized spacial score (nSPS) is 13.3. The molecule has 148 valence electrons. The summed E-state index contributed by atoms with van der Waals surface area (Å²) in [5.74, 6) is -1.53. The van der Waals surface area contributed by atoms with Gasteiger partial charge in [0.1, 0.15) is 5.02 Å². The number of hydrogen-bond donors (Lipinski definition) is 0. The molecule has 0 aliphatic carbocycles. The van der Waals surface area contributed by atoms with E-state index in [4.69, 9.17) is 11.6 Å². The molecule has 30 heavy (non-hydrogen) atoms. The fourth-order valence-electron chi connectivity index (χ4n) is 3.21. The van der Waals surface area contributed by atoms with Crippen molar-refractivity contribution in [2.45, 2.75) is 0 Å². The zero-order valence-corrected chi connectivity index (χ0v) is 15.6. The molecule has 2 amide bonds. The van der Waals surface area contributed by atoms with E-state index < -0.39 is 21.7 Å². The van der Waals surface area contributed by atoms with Crippen molar-refractivity contribution >= 4 is 51.8 Å². The molecule has 4 rings (SSSR count). The summed E-state index contributed by atoms with van der Waals surface area (Å²) in [6.07, 6.45) is 1.12. The van der Waals surface area contributed by atoms with Gasteiger partial charge in [-0.25, -0.2) is 0 Å². The van der Waals surface area contributed by atoms with Crippen molar-refractivity contribution in [1.82, 2.24) is 5.01 Å². The average Bonchev–Trinajstić information content (AvgIpc) is 2.72. The van der Waals surface area contributed by atoms with E-state index in [2.05, 4.69) is 5.10 Å². The molecule has 0 aromatic heterocycles. The van der Waals surface area contributed by atoms with Gasteiger partial charge in [0.25, 0.3) is 23.2 Å². The predicted molar refractivity (Wildman–Crippen MR) is 107 cm³/mol. The van der Waals surface area contributed by atoms with Gasteiger partial charge in [-0.3, -0.25) is 29.8 Å². The maximum atomic E-state index is 12.8. The fourth-order valence-corrected chi connectivity index (χ4v) is 3.39. The summed E-state index contributed by atoms with van der Waals surface area (Å²) in [6.45, 7) is 0. The number of hydrogen-bond acceptors (Lipinski definition) is 7. The second-order valence-electron chi connectivity index (χ2n) is 6.25. The molecule has 0 saturated heterocycles. The van der Waals surface area contributed by atoms with Gasteiger partial charge in [-0.05, 0) is 24.3 Å². The number of nitro groups is 2. The summed E-state index contributed by atoms with van der Waals surface area (Å²) in [5.41, 5.74) is -0.143. The van der Waals surface area contributed by atoms with Gasteiger partial charge in [0.15, 0.2) is 0 Å². The number of carbonyl (C=O) groups is 2. The van der Waals surface area contributed by atoms with Crippen LogP contribution in [0.1, 0.15) is 26.3 Å². The van der Waals surface area contributed by atoms with Crippen molar-refractivity contribution in [3.63, 3.8) is 0 Å². The van der Waals surface area contributed by atoms with E-state index in [9.17, 15) is 29.8 Å². The zero-order chi connectivity index (χ0) is 21.6. The summed E-state index contributed by atoms with van der Waals surface area (Å²) in [5, 5.41) is 27.1. The summed E-state index contributed by atoms with van der Waals surface area (Å²) in [7, 11) is 0. The van der Waals surface area contributed by atoms with Gasteiger partial charge in [0.05, 0.1) is 32.6 Å². The molecule has 0 N–H and O–H groups in total. The third-order valence-electron chi connectivity index (χ3n) is 4.55. The Balaban J connectivity index is 1.78. The first kappa shape index (κ1) is 19.2. The van der Waals surface area contributed by atoms with E-state index in [-0.39, 0.29) is 43.9 Å². The number of nitrogens with zero attached hydrogens (tertiary/aromatic N) is 4. The molecular formula is C19H9ClN4O6. The Kier molecular flexibility index (Phi) is 4.47. The zero-order valence-electron chi connectivity index (χ0n) is 14.8. The predicted octanol–water partition coefficient (Wildman–Crippen LogP) is 3.94. The van der Waals surface area contributed by atoms with E-state index in [0.717, 1.165) is 12.3 Å². The van der Waals surface area contributed by atoms with Gasteiger partial charge in [-0.2, -0.15) is 10.1 Å². The van der Waals surface area contributed by atoms with Crippen LogP contribution in [0, 0.1) is 20.2 Å². The van der Waals surface area contributed by atoms with E-state index >= 15 is 0 Å². The van der Waals surface area contributed by atoms with Crippen LogP contribution < -0.4 is 0 Å². The van der Waals surface area contributed by atoms with E-state index in [1.807, 2.05) is 0 Å². The quantitative estimate of drug-likeness (QED) is 0.269. The number of imide groups is 1. The first-order valence-corrected chi connectivity index (χ1v) is 8.74. The van der Waals surface area contributed by atoms with Crippen LogP contribution in [0.5, 0.6) is 0 Å². The van der Waals surface area contributed by atoms with Gasteiger partial charge in [0, 0.05) is 23.1 Å². The molecule has 10 nitrogen and oxygen atoms in total. The Labute approximate surface area is 172 Å². The molecule has 1 aliphatic rings. The first-order valence-electron chi connectivity index (χ1n) is 8.36. The molecule has 0 radical (unpaired) electrons. The number of hydrazone groups is 1. The molecule has 0 unspecified atom stereocenters. The van der Waals surface area contributed by atoms with E-state index in [0.29, 0.717) is 5.01 Å². The van der Waals surface area contributed by atoms with Gasteiger partial charge in [-0.15, -0.1) is 0 Å². The Bertz CT molecular complexity index is 1300. The van der Waals surface area contributed by atoms with Gasteiger partial charge in [-0.1, -0.05) is 23.7 Å². The Morgan fingerprint density at radius 1 is 0.900 bits per heavy atom. The molecule has 0 fully saturated rings. The molecule has 1 heterocycles. The van der Waals surface area contributed by atoms with Crippen LogP contribution in [0.25, 0.3) is 10.8 Å². The smallest absolute Gasteiger partial charge is 0.267 e. The lowest BCUT2D eigenvalue weighted by Crippen LogP contribution is -2.36. The van der Waals surface area contributed by atoms with E-state index in [1.54, 1.807) is 0 Å². The van der Waals surface area contributed by atoms with Crippen LogP contribution in [0.4, 0.5) is 11.4 Å². The molecule has 0 atom stereocenters. The van der Waals surface area contributed by atoms with Gasteiger partial charge < -0.3 is 0 Å². The largest absolute Gasteiger partial charge is 0.288 e. The maximum Gasteiger partial charge on any atom is 0.288 e. The summed E-state index contributed by atoms with van der Waals surface area (Å²) < 4.78 is 0. The lowest BCUT2D eigenvalue weighted by molar-refractivity contribution is -0.384. The van der Waals surface area contributed by atoms with Crippen LogP contribution in [0.3, 0.4) is 0 Å². The second-order valence-corrected chi connectivity index (χ2v) is 6.66.